The Balaban J connectivity index is 1.68. The lowest BCUT2D eigenvalue weighted by Gasteiger charge is -2.12. The van der Waals surface area contributed by atoms with Crippen molar-refractivity contribution >= 4 is 34.4 Å². The van der Waals surface area contributed by atoms with Crippen molar-refractivity contribution < 1.29 is 23.9 Å². The highest BCUT2D eigenvalue weighted by atomic mass is 16.5. The molecule has 0 atom stereocenters. The minimum atomic E-state index is -0.660. The largest absolute Gasteiger partial charge is 0.465 e. The number of esters is 2. The summed E-state index contributed by atoms with van der Waals surface area (Å²) in [6.45, 7) is 0.651. The number of hydrogen-bond donors (Lipinski definition) is 1. The second-order valence-electron chi connectivity index (χ2n) is 7.76. The molecule has 4 rings (SSSR count). The van der Waals surface area contributed by atoms with Crippen molar-refractivity contribution in [2.24, 2.45) is 0 Å². The van der Waals surface area contributed by atoms with Gasteiger partial charge in [0, 0.05) is 24.2 Å². The molecule has 9 nitrogen and oxygen atoms in total. The lowest BCUT2D eigenvalue weighted by Crippen LogP contribution is -2.24. The number of fused-ring (bicyclic) bond motifs is 2. The smallest absolute Gasteiger partial charge is 0.337 e. The van der Waals surface area contributed by atoms with Gasteiger partial charge >= 0.3 is 11.9 Å². The van der Waals surface area contributed by atoms with Crippen LogP contribution in [0.15, 0.2) is 41.2 Å². The van der Waals surface area contributed by atoms with Crippen molar-refractivity contribution in [1.82, 2.24) is 9.55 Å². The van der Waals surface area contributed by atoms with Crippen LogP contribution in [0.3, 0.4) is 0 Å². The zero-order chi connectivity index (χ0) is 23.5. The quantitative estimate of drug-likeness (QED) is 0.609. The normalized spacial score (nSPS) is 13.0. The van der Waals surface area contributed by atoms with Crippen LogP contribution in [0.4, 0.5) is 5.69 Å². The number of nitrogens with zero attached hydrogens (tertiary/aromatic N) is 2. The average molecular weight is 449 g/mol. The standard InChI is InChI=1S/C24H23N3O6/c1-32-23(30)15-10-16(24(31)33-2)12-17(11-15)25-21(28)14-7-8-18-19(13-14)26-20-6-4-3-5-9-27(20)22(18)29/h7-8,10-13H,3-6,9H2,1-2H3,(H,25,28). The number of benzene rings is 2. The maximum absolute atomic E-state index is 12.9. The third kappa shape index (κ3) is 4.48. The van der Waals surface area contributed by atoms with Crippen LogP contribution in [-0.4, -0.2) is 41.6 Å². The number of ether oxygens (including phenoxy) is 2. The fraction of sp³-hybridized carbons (Fsp3) is 0.292. The molecule has 170 valence electrons. The molecule has 0 bridgehead atoms. The molecule has 0 unspecified atom stereocenters. The molecule has 0 fully saturated rings. The summed E-state index contributed by atoms with van der Waals surface area (Å²) in [6.07, 6.45) is 3.68. The van der Waals surface area contributed by atoms with Crippen molar-refractivity contribution in [1.29, 1.82) is 0 Å². The van der Waals surface area contributed by atoms with Crippen LogP contribution >= 0.6 is 0 Å². The molecule has 1 aliphatic heterocycles. The number of carbonyl (C=O) groups excluding carboxylic acids is 3. The predicted octanol–water partition coefficient (Wildman–Crippen LogP) is 2.95. The van der Waals surface area contributed by atoms with E-state index in [4.69, 9.17) is 9.47 Å². The Morgan fingerprint density at radius 2 is 1.61 bits per heavy atom. The molecule has 0 spiro atoms. The molecule has 2 heterocycles. The summed E-state index contributed by atoms with van der Waals surface area (Å²) < 4.78 is 11.2. The van der Waals surface area contributed by atoms with E-state index in [0.717, 1.165) is 31.5 Å². The Morgan fingerprint density at radius 1 is 0.909 bits per heavy atom. The number of nitrogens with one attached hydrogen (secondary N) is 1. The summed E-state index contributed by atoms with van der Waals surface area (Å²) in [5, 5.41) is 3.14. The molecule has 0 saturated carbocycles. The maximum atomic E-state index is 12.9. The zero-order valence-electron chi connectivity index (χ0n) is 18.3. The van der Waals surface area contributed by atoms with Gasteiger partial charge in [-0.3, -0.25) is 14.2 Å². The van der Waals surface area contributed by atoms with Crippen LogP contribution < -0.4 is 10.9 Å². The molecule has 0 radical (unpaired) electrons. The first-order chi connectivity index (χ1) is 15.9. The van der Waals surface area contributed by atoms with Gasteiger partial charge < -0.3 is 14.8 Å². The van der Waals surface area contributed by atoms with Crippen LogP contribution in [0, 0.1) is 0 Å². The molecule has 3 aromatic rings. The molecular formula is C24H23N3O6. The highest BCUT2D eigenvalue weighted by molar-refractivity contribution is 6.07. The van der Waals surface area contributed by atoms with Gasteiger partial charge in [-0.15, -0.1) is 0 Å². The molecule has 1 aliphatic rings. The molecule has 1 amide bonds. The van der Waals surface area contributed by atoms with Crippen molar-refractivity contribution in [2.45, 2.75) is 32.2 Å². The second-order valence-corrected chi connectivity index (χ2v) is 7.76. The summed E-state index contributed by atoms with van der Waals surface area (Å²) in [6, 6.07) is 8.86. The van der Waals surface area contributed by atoms with E-state index in [1.165, 1.54) is 32.4 Å². The van der Waals surface area contributed by atoms with Gasteiger partial charge in [-0.2, -0.15) is 0 Å². The van der Waals surface area contributed by atoms with E-state index in [0.29, 0.717) is 17.4 Å². The van der Waals surface area contributed by atoms with Gasteiger partial charge in [-0.1, -0.05) is 6.42 Å². The molecule has 1 N–H and O–H groups in total. The van der Waals surface area contributed by atoms with E-state index in [-0.39, 0.29) is 27.9 Å². The lowest BCUT2D eigenvalue weighted by atomic mass is 10.1. The predicted molar refractivity (Wildman–Crippen MR) is 121 cm³/mol. The molecule has 9 heteroatoms. The first kappa shape index (κ1) is 22.2. The number of methoxy groups -OCH3 is 2. The van der Waals surface area contributed by atoms with Crippen molar-refractivity contribution in [3.63, 3.8) is 0 Å². The minimum absolute atomic E-state index is 0.0894. The highest BCUT2D eigenvalue weighted by Gasteiger charge is 2.18. The molecule has 2 aromatic carbocycles. The fourth-order valence-electron chi connectivity index (χ4n) is 3.93. The van der Waals surface area contributed by atoms with Crippen LogP contribution in [0.25, 0.3) is 10.9 Å². The number of hydrogen-bond acceptors (Lipinski definition) is 7. The number of aromatic nitrogens is 2. The van der Waals surface area contributed by atoms with Crippen molar-refractivity contribution in [2.75, 3.05) is 19.5 Å². The number of rotatable bonds is 4. The van der Waals surface area contributed by atoms with Crippen LogP contribution in [0.1, 0.15) is 56.2 Å². The zero-order valence-corrected chi connectivity index (χ0v) is 18.3. The maximum Gasteiger partial charge on any atom is 0.337 e. The average Bonchev–Trinajstić information content (AvgIpc) is 3.08. The van der Waals surface area contributed by atoms with E-state index in [9.17, 15) is 19.2 Å². The SMILES string of the molecule is COC(=O)c1cc(NC(=O)c2ccc3c(=O)n4c(nc3c2)CCCCC4)cc(C(=O)OC)c1. The van der Waals surface area contributed by atoms with Gasteiger partial charge in [-0.25, -0.2) is 14.6 Å². The Labute approximate surface area is 189 Å². The van der Waals surface area contributed by atoms with E-state index in [2.05, 4.69) is 10.3 Å². The number of aryl methyl sites for hydroxylation is 1. The number of anilines is 1. The van der Waals surface area contributed by atoms with E-state index in [1.807, 2.05) is 0 Å². The van der Waals surface area contributed by atoms with Crippen LogP contribution in [0.5, 0.6) is 0 Å². The number of amides is 1. The Morgan fingerprint density at radius 3 is 2.27 bits per heavy atom. The third-order valence-corrected chi connectivity index (χ3v) is 5.61. The Hall–Kier alpha value is -4.01. The monoisotopic (exact) mass is 449 g/mol. The first-order valence-electron chi connectivity index (χ1n) is 10.6. The van der Waals surface area contributed by atoms with Crippen LogP contribution in [0.2, 0.25) is 0 Å². The van der Waals surface area contributed by atoms with Gasteiger partial charge in [0.1, 0.15) is 5.82 Å². The molecule has 0 saturated heterocycles. The molecule has 33 heavy (non-hydrogen) atoms. The van der Waals surface area contributed by atoms with Crippen molar-refractivity contribution in [3.05, 3.63) is 69.3 Å². The minimum Gasteiger partial charge on any atom is -0.465 e. The molecule has 0 aliphatic carbocycles. The summed E-state index contributed by atoms with van der Waals surface area (Å²) in [5.41, 5.74) is 1.05. The van der Waals surface area contributed by atoms with E-state index < -0.39 is 17.8 Å². The van der Waals surface area contributed by atoms with Gasteiger partial charge in [0.2, 0.25) is 0 Å². The first-order valence-corrected chi connectivity index (χ1v) is 10.6. The second kappa shape index (κ2) is 9.23. The third-order valence-electron chi connectivity index (χ3n) is 5.61. The summed E-state index contributed by atoms with van der Waals surface area (Å²) in [7, 11) is 2.44. The molecule has 1 aromatic heterocycles. The van der Waals surface area contributed by atoms with E-state index in [1.54, 1.807) is 22.8 Å². The van der Waals surface area contributed by atoms with Gasteiger partial charge in [0.05, 0.1) is 36.2 Å². The van der Waals surface area contributed by atoms with Crippen LogP contribution in [-0.2, 0) is 22.4 Å². The molecular weight excluding hydrogens is 426 g/mol. The van der Waals surface area contributed by atoms with Crippen molar-refractivity contribution in [3.8, 4) is 0 Å². The topological polar surface area (TPSA) is 117 Å². The van der Waals surface area contributed by atoms with Gasteiger partial charge in [-0.05, 0) is 49.2 Å². The summed E-state index contributed by atoms with van der Waals surface area (Å²) >= 11 is 0. The van der Waals surface area contributed by atoms with Gasteiger partial charge in [0.25, 0.3) is 11.5 Å². The fourth-order valence-corrected chi connectivity index (χ4v) is 3.93. The van der Waals surface area contributed by atoms with Gasteiger partial charge in [0.15, 0.2) is 0 Å². The Kier molecular flexibility index (Phi) is 6.21. The summed E-state index contributed by atoms with van der Waals surface area (Å²) in [4.78, 5) is 54.4. The lowest BCUT2D eigenvalue weighted by molar-refractivity contribution is 0.0599. The summed E-state index contributed by atoms with van der Waals surface area (Å²) in [5.74, 6) is -1.07. The number of carbonyl (C=O) groups is 3. The highest BCUT2D eigenvalue weighted by Crippen LogP contribution is 2.20. The van der Waals surface area contributed by atoms with E-state index >= 15 is 0 Å². The Bertz CT molecular complexity index is 1290.